The molecule has 0 saturated heterocycles. The van der Waals surface area contributed by atoms with Gasteiger partial charge in [0.25, 0.3) is 15.9 Å². The Labute approximate surface area is 228 Å². The van der Waals surface area contributed by atoms with Crippen LogP contribution in [0.5, 0.6) is 11.5 Å². The van der Waals surface area contributed by atoms with E-state index in [2.05, 4.69) is 5.32 Å². The molecule has 0 aliphatic rings. The standard InChI is InChI=1S/C29H32N2O5S2/c1-5-16-31(38(33,34)24-10-6-20(2)7-11-24)23-9-13-27-22(18-23)19-28(37-27)29(32)30-15-14-21-8-12-25(35-3)26(17-21)36-4/h6-13,17-19H,5,14-16H2,1-4H3,(H,30,32). The summed E-state index contributed by atoms with van der Waals surface area (Å²) in [7, 11) is -0.532. The smallest absolute Gasteiger partial charge is 0.264 e. The van der Waals surface area contributed by atoms with Crippen molar-refractivity contribution in [1.82, 2.24) is 5.32 Å². The lowest BCUT2D eigenvalue weighted by atomic mass is 10.1. The first-order valence-electron chi connectivity index (χ1n) is 12.4. The van der Waals surface area contributed by atoms with E-state index in [1.54, 1.807) is 44.6 Å². The van der Waals surface area contributed by atoms with Crippen LogP contribution in [0.4, 0.5) is 5.69 Å². The summed E-state index contributed by atoms with van der Waals surface area (Å²) in [6.45, 7) is 4.70. The molecule has 0 fully saturated rings. The minimum absolute atomic E-state index is 0.161. The van der Waals surface area contributed by atoms with E-state index in [4.69, 9.17) is 9.47 Å². The van der Waals surface area contributed by atoms with E-state index in [0.29, 0.717) is 48.0 Å². The lowest BCUT2D eigenvalue weighted by molar-refractivity contribution is 0.0958. The van der Waals surface area contributed by atoms with E-state index < -0.39 is 10.0 Å². The second kappa shape index (κ2) is 11.9. The normalized spacial score (nSPS) is 11.4. The van der Waals surface area contributed by atoms with Gasteiger partial charge in [-0.2, -0.15) is 0 Å². The second-order valence-corrected chi connectivity index (χ2v) is 11.9. The van der Waals surface area contributed by atoms with Gasteiger partial charge in [0.05, 0.1) is 29.7 Å². The van der Waals surface area contributed by atoms with E-state index in [0.717, 1.165) is 21.2 Å². The third-order valence-corrected chi connectivity index (χ3v) is 9.15. The number of carbonyl (C=O) groups excluding carboxylic acids is 1. The fourth-order valence-electron chi connectivity index (χ4n) is 4.17. The van der Waals surface area contributed by atoms with Crippen LogP contribution in [0.15, 0.2) is 71.6 Å². The van der Waals surface area contributed by atoms with Crippen LogP contribution < -0.4 is 19.1 Å². The number of hydrogen-bond donors (Lipinski definition) is 1. The molecule has 0 saturated carbocycles. The topological polar surface area (TPSA) is 84.9 Å². The molecule has 0 aliphatic carbocycles. The van der Waals surface area contributed by atoms with Gasteiger partial charge in [0.15, 0.2) is 11.5 Å². The van der Waals surface area contributed by atoms with Gasteiger partial charge in [-0.1, -0.05) is 30.7 Å². The van der Waals surface area contributed by atoms with Crippen molar-refractivity contribution in [2.45, 2.75) is 31.6 Å². The van der Waals surface area contributed by atoms with Gasteiger partial charge in [-0.05, 0) is 79.2 Å². The first kappa shape index (κ1) is 27.5. The van der Waals surface area contributed by atoms with Gasteiger partial charge in [-0.15, -0.1) is 11.3 Å². The highest BCUT2D eigenvalue weighted by molar-refractivity contribution is 7.92. The molecule has 9 heteroatoms. The zero-order valence-electron chi connectivity index (χ0n) is 22.0. The fraction of sp³-hybridized carbons (Fsp3) is 0.276. The first-order chi connectivity index (χ1) is 18.3. The molecule has 7 nitrogen and oxygen atoms in total. The van der Waals surface area contributed by atoms with Crippen molar-refractivity contribution in [3.8, 4) is 11.5 Å². The fourth-order valence-corrected chi connectivity index (χ4v) is 6.68. The molecule has 0 radical (unpaired) electrons. The molecule has 1 aromatic heterocycles. The summed E-state index contributed by atoms with van der Waals surface area (Å²) in [6, 6.07) is 19.9. The number of nitrogens with one attached hydrogen (secondary N) is 1. The quantitative estimate of drug-likeness (QED) is 0.254. The van der Waals surface area contributed by atoms with Crippen molar-refractivity contribution in [1.29, 1.82) is 0 Å². The number of aryl methyl sites for hydroxylation is 1. The molecule has 0 aliphatic heterocycles. The van der Waals surface area contributed by atoms with Crippen molar-refractivity contribution in [2.75, 3.05) is 31.6 Å². The zero-order chi connectivity index (χ0) is 27.3. The van der Waals surface area contributed by atoms with E-state index in [9.17, 15) is 13.2 Å². The van der Waals surface area contributed by atoms with E-state index in [1.807, 2.05) is 50.2 Å². The Balaban J connectivity index is 1.50. The molecule has 200 valence electrons. The van der Waals surface area contributed by atoms with Gasteiger partial charge in [0.2, 0.25) is 0 Å². The van der Waals surface area contributed by atoms with Gasteiger partial charge in [0, 0.05) is 17.8 Å². The third kappa shape index (κ3) is 5.95. The van der Waals surface area contributed by atoms with Crippen LogP contribution in [0.2, 0.25) is 0 Å². The monoisotopic (exact) mass is 552 g/mol. The van der Waals surface area contributed by atoms with E-state index in [-0.39, 0.29) is 10.8 Å². The summed E-state index contributed by atoms with van der Waals surface area (Å²) in [5.41, 5.74) is 2.60. The molecular weight excluding hydrogens is 520 g/mol. The number of benzene rings is 3. The Bertz CT molecular complexity index is 1530. The highest BCUT2D eigenvalue weighted by Gasteiger charge is 2.25. The van der Waals surface area contributed by atoms with Gasteiger partial charge in [0.1, 0.15) is 0 Å². The number of nitrogens with zero attached hydrogens (tertiary/aromatic N) is 1. The largest absolute Gasteiger partial charge is 0.493 e. The first-order valence-corrected chi connectivity index (χ1v) is 14.6. The zero-order valence-corrected chi connectivity index (χ0v) is 23.6. The minimum Gasteiger partial charge on any atom is -0.493 e. The predicted molar refractivity (Wildman–Crippen MR) is 153 cm³/mol. The average molecular weight is 553 g/mol. The van der Waals surface area contributed by atoms with Crippen LogP contribution in [0.25, 0.3) is 10.1 Å². The van der Waals surface area contributed by atoms with Crippen molar-refractivity contribution < 1.29 is 22.7 Å². The summed E-state index contributed by atoms with van der Waals surface area (Å²) < 4.78 is 39.9. The summed E-state index contributed by atoms with van der Waals surface area (Å²) in [4.78, 5) is 13.7. The van der Waals surface area contributed by atoms with Crippen LogP contribution >= 0.6 is 11.3 Å². The van der Waals surface area contributed by atoms with Crippen LogP contribution in [0, 0.1) is 6.92 Å². The number of carbonyl (C=O) groups is 1. The molecule has 1 amide bonds. The average Bonchev–Trinajstić information content (AvgIpc) is 3.35. The molecule has 4 rings (SSSR count). The molecular formula is C29H32N2O5S2. The Hall–Kier alpha value is -3.56. The Kier molecular flexibility index (Phi) is 8.58. The Morgan fingerprint density at radius 1 is 0.947 bits per heavy atom. The van der Waals surface area contributed by atoms with E-state index in [1.165, 1.54) is 15.6 Å². The number of methoxy groups -OCH3 is 2. The summed E-state index contributed by atoms with van der Waals surface area (Å²) in [5, 5.41) is 3.81. The number of ether oxygens (including phenoxy) is 2. The maximum Gasteiger partial charge on any atom is 0.264 e. The maximum absolute atomic E-state index is 13.4. The second-order valence-electron chi connectivity index (χ2n) is 8.92. The molecule has 3 aromatic carbocycles. The van der Waals surface area contributed by atoms with Gasteiger partial charge >= 0.3 is 0 Å². The van der Waals surface area contributed by atoms with Gasteiger partial charge in [-0.25, -0.2) is 8.42 Å². The molecule has 0 spiro atoms. The number of anilines is 1. The number of hydrogen-bond acceptors (Lipinski definition) is 6. The molecule has 4 aromatic rings. The molecule has 0 unspecified atom stereocenters. The summed E-state index contributed by atoms with van der Waals surface area (Å²) >= 11 is 1.39. The van der Waals surface area contributed by atoms with Crippen LogP contribution in [0.1, 0.15) is 34.1 Å². The summed E-state index contributed by atoms with van der Waals surface area (Å²) in [6.07, 6.45) is 1.31. The predicted octanol–water partition coefficient (Wildman–Crippen LogP) is 5.80. The number of amides is 1. The van der Waals surface area contributed by atoms with Crippen LogP contribution in [-0.2, 0) is 16.4 Å². The molecule has 38 heavy (non-hydrogen) atoms. The Morgan fingerprint density at radius 3 is 2.37 bits per heavy atom. The number of fused-ring (bicyclic) bond motifs is 1. The molecule has 1 heterocycles. The lowest BCUT2D eigenvalue weighted by Gasteiger charge is -2.24. The SMILES string of the molecule is CCCN(c1ccc2sc(C(=O)NCCc3ccc(OC)c(OC)c3)cc2c1)S(=O)(=O)c1ccc(C)cc1. The van der Waals surface area contributed by atoms with Crippen molar-refractivity contribution in [3.63, 3.8) is 0 Å². The van der Waals surface area contributed by atoms with Crippen molar-refractivity contribution >= 4 is 43.0 Å². The van der Waals surface area contributed by atoms with Crippen molar-refractivity contribution in [2.24, 2.45) is 0 Å². The van der Waals surface area contributed by atoms with Crippen molar-refractivity contribution in [3.05, 3.63) is 82.7 Å². The third-order valence-electron chi connectivity index (χ3n) is 6.19. The van der Waals surface area contributed by atoms with E-state index >= 15 is 0 Å². The number of thiophene rings is 1. The highest BCUT2D eigenvalue weighted by Crippen LogP contribution is 2.32. The Morgan fingerprint density at radius 2 is 1.68 bits per heavy atom. The molecule has 0 atom stereocenters. The summed E-state index contributed by atoms with van der Waals surface area (Å²) in [5.74, 6) is 1.15. The van der Waals surface area contributed by atoms with Crippen LogP contribution in [-0.4, -0.2) is 41.6 Å². The maximum atomic E-state index is 13.4. The van der Waals surface area contributed by atoms with Crippen LogP contribution in [0.3, 0.4) is 0 Å². The van der Waals surface area contributed by atoms with Gasteiger partial charge < -0.3 is 14.8 Å². The lowest BCUT2D eigenvalue weighted by Crippen LogP contribution is -2.31. The molecule has 0 bridgehead atoms. The minimum atomic E-state index is -3.72. The number of rotatable bonds is 11. The number of sulfonamides is 1. The highest BCUT2D eigenvalue weighted by atomic mass is 32.2. The van der Waals surface area contributed by atoms with Gasteiger partial charge in [-0.3, -0.25) is 9.10 Å². The molecule has 1 N–H and O–H groups in total.